The second kappa shape index (κ2) is 16.7. The van der Waals surface area contributed by atoms with Crippen molar-refractivity contribution in [3.8, 4) is 0 Å². The Morgan fingerprint density at radius 2 is 1.62 bits per heavy atom. The first-order valence-electron chi connectivity index (χ1n) is 18.5. The third-order valence-corrected chi connectivity index (χ3v) is 11.8. The topological polar surface area (TPSA) is 95.0 Å². The predicted molar refractivity (Wildman–Crippen MR) is 197 cm³/mol. The molecule has 0 aromatic heterocycles. The Morgan fingerprint density at radius 3 is 2.25 bits per heavy atom. The molecule has 48 heavy (non-hydrogen) atoms. The standard InChI is InChI=1S/C37H58IN5O5/c1-5-6-23-47-34(45)37(18-12-8-7-9-13-19-37)42-21-16-30(17-22-42)43-31(38)15-11-10-14-20-39-32(33(43)44)40-24-28-26-41(27-29(28)25-40)35(46)48-36(2,3)4/h10-11,14-15,28-31H,5-9,12-13,16-27H2,1-4H3/b14-10-,15-11-,39-32+. The lowest BCUT2D eigenvalue weighted by Crippen LogP contribution is -2.61. The summed E-state index contributed by atoms with van der Waals surface area (Å²) in [6, 6.07) is 0.0420. The van der Waals surface area contributed by atoms with Gasteiger partial charge in [0.1, 0.15) is 15.2 Å². The maximum atomic E-state index is 14.6. The van der Waals surface area contributed by atoms with Gasteiger partial charge in [-0.3, -0.25) is 19.5 Å². The van der Waals surface area contributed by atoms with Gasteiger partial charge in [-0.25, -0.2) is 4.79 Å². The number of piperidine rings is 1. The number of amides is 2. The van der Waals surface area contributed by atoms with Gasteiger partial charge < -0.3 is 24.2 Å². The van der Waals surface area contributed by atoms with Gasteiger partial charge in [0.05, 0.1) is 13.2 Å². The van der Waals surface area contributed by atoms with Gasteiger partial charge in [0.15, 0.2) is 5.84 Å². The fourth-order valence-electron chi connectivity index (χ4n) is 8.22. The molecule has 0 radical (unpaired) electrons. The highest BCUT2D eigenvalue weighted by molar-refractivity contribution is 14.1. The number of hydrogen-bond acceptors (Lipinski definition) is 8. The smallest absolute Gasteiger partial charge is 0.410 e. The van der Waals surface area contributed by atoms with Crippen LogP contribution in [0.25, 0.3) is 0 Å². The van der Waals surface area contributed by atoms with E-state index in [-0.39, 0.29) is 39.9 Å². The molecule has 0 bridgehead atoms. The number of halogens is 1. The molecule has 3 saturated heterocycles. The van der Waals surface area contributed by atoms with E-state index in [0.29, 0.717) is 45.2 Å². The first kappa shape index (κ1) is 37.1. The summed E-state index contributed by atoms with van der Waals surface area (Å²) >= 11 is 2.38. The first-order chi connectivity index (χ1) is 23.0. The zero-order valence-corrected chi connectivity index (χ0v) is 31.9. The number of carbonyl (C=O) groups is 3. The van der Waals surface area contributed by atoms with E-state index in [4.69, 9.17) is 14.5 Å². The maximum absolute atomic E-state index is 14.6. The van der Waals surface area contributed by atoms with E-state index in [0.717, 1.165) is 64.5 Å². The number of unbranched alkanes of at least 4 members (excludes halogenated alkanes) is 1. The van der Waals surface area contributed by atoms with Crippen LogP contribution in [0.1, 0.15) is 98.3 Å². The number of carbonyl (C=O) groups excluding carboxylic acids is 3. The SMILES string of the molecule is CCCCOC(=O)C1(N2CCC(N3C(=O)/C(N4CC5CN(C(=O)OC(C)(C)C)CC5C4)=N\C/C=C\C=C/C3I)CC2)CCCCCCC1. The van der Waals surface area contributed by atoms with Crippen molar-refractivity contribution in [2.24, 2.45) is 16.8 Å². The van der Waals surface area contributed by atoms with Gasteiger partial charge in [-0.1, -0.05) is 92.3 Å². The van der Waals surface area contributed by atoms with Gasteiger partial charge in [-0.2, -0.15) is 0 Å². The first-order valence-corrected chi connectivity index (χ1v) is 19.8. The number of nitrogens with zero attached hydrogens (tertiary/aromatic N) is 5. The van der Waals surface area contributed by atoms with Crippen molar-refractivity contribution in [1.82, 2.24) is 19.6 Å². The summed E-state index contributed by atoms with van der Waals surface area (Å²) in [5, 5.41) is 0. The molecule has 3 atom stereocenters. The number of likely N-dealkylation sites (tertiary alicyclic amines) is 3. The molecule has 3 unspecified atom stereocenters. The van der Waals surface area contributed by atoms with E-state index in [9.17, 15) is 14.4 Å². The Balaban J connectivity index is 1.29. The Kier molecular flexibility index (Phi) is 12.9. The highest BCUT2D eigenvalue weighted by Crippen LogP contribution is 2.37. The van der Waals surface area contributed by atoms with Crippen molar-refractivity contribution in [2.45, 2.75) is 120 Å². The summed E-state index contributed by atoms with van der Waals surface area (Å²) in [6.45, 7) is 13.0. The van der Waals surface area contributed by atoms with E-state index in [1.165, 1.54) is 19.3 Å². The molecule has 0 aromatic rings. The molecule has 0 aromatic carbocycles. The molecular formula is C37H58IN5O5. The number of rotatable bonds is 6. The Hall–Kier alpha value is -2.15. The Labute approximate surface area is 301 Å². The van der Waals surface area contributed by atoms with E-state index >= 15 is 0 Å². The minimum atomic E-state index is -0.559. The van der Waals surface area contributed by atoms with Gasteiger partial charge in [-0.05, 0) is 52.9 Å². The molecule has 1 aliphatic carbocycles. The summed E-state index contributed by atoms with van der Waals surface area (Å²) in [5.41, 5.74) is -1.08. The average Bonchev–Trinajstić information content (AvgIpc) is 3.60. The van der Waals surface area contributed by atoms with Crippen LogP contribution in [0.2, 0.25) is 0 Å². The summed E-state index contributed by atoms with van der Waals surface area (Å²) in [6.07, 6.45) is 18.8. The van der Waals surface area contributed by atoms with Crippen LogP contribution in [0.5, 0.6) is 0 Å². The number of aliphatic imine (C=N–C) groups is 1. The van der Waals surface area contributed by atoms with Gasteiger partial charge in [0.2, 0.25) is 0 Å². The van der Waals surface area contributed by atoms with E-state index < -0.39 is 11.1 Å². The molecule has 1 saturated carbocycles. The zero-order chi connectivity index (χ0) is 34.3. The second-order valence-corrected chi connectivity index (χ2v) is 16.7. The molecule has 10 nitrogen and oxygen atoms in total. The second-order valence-electron chi connectivity index (χ2n) is 15.4. The number of amidine groups is 1. The highest BCUT2D eigenvalue weighted by Gasteiger charge is 2.48. The van der Waals surface area contributed by atoms with Crippen molar-refractivity contribution < 1.29 is 23.9 Å². The lowest BCUT2D eigenvalue weighted by Gasteiger charge is -2.48. The molecule has 4 heterocycles. The molecule has 268 valence electrons. The van der Waals surface area contributed by atoms with Crippen molar-refractivity contribution in [2.75, 3.05) is 52.4 Å². The molecule has 4 fully saturated rings. The normalized spacial score (nSPS) is 30.1. The fourth-order valence-corrected chi connectivity index (χ4v) is 9.17. The monoisotopic (exact) mass is 779 g/mol. The van der Waals surface area contributed by atoms with Gasteiger partial charge in [-0.15, -0.1) is 0 Å². The molecule has 0 spiro atoms. The predicted octanol–water partition coefficient (Wildman–Crippen LogP) is 6.19. The molecular weight excluding hydrogens is 721 g/mol. The molecule has 5 rings (SSSR count). The fraction of sp³-hybridized carbons (Fsp3) is 0.784. The lowest BCUT2D eigenvalue weighted by atomic mass is 9.81. The van der Waals surface area contributed by atoms with Crippen LogP contribution in [0.4, 0.5) is 4.79 Å². The zero-order valence-electron chi connectivity index (χ0n) is 29.7. The summed E-state index contributed by atoms with van der Waals surface area (Å²) in [7, 11) is 0. The summed E-state index contributed by atoms with van der Waals surface area (Å²) in [5.74, 6) is 1.04. The van der Waals surface area contributed by atoms with Gasteiger partial charge in [0, 0.05) is 57.1 Å². The maximum Gasteiger partial charge on any atom is 0.410 e. The number of ether oxygens (including phenoxy) is 2. The summed E-state index contributed by atoms with van der Waals surface area (Å²) < 4.78 is 11.5. The average molecular weight is 780 g/mol. The van der Waals surface area contributed by atoms with Crippen LogP contribution >= 0.6 is 22.6 Å². The van der Waals surface area contributed by atoms with E-state index in [1.807, 2.05) is 43.9 Å². The van der Waals surface area contributed by atoms with Crippen molar-refractivity contribution in [3.05, 3.63) is 24.3 Å². The molecule has 2 amide bonds. The van der Waals surface area contributed by atoms with Crippen molar-refractivity contribution in [1.29, 1.82) is 0 Å². The molecule has 0 N–H and O–H groups in total. The number of alkyl halides is 1. The molecule has 11 heteroatoms. The largest absolute Gasteiger partial charge is 0.464 e. The van der Waals surface area contributed by atoms with Crippen LogP contribution < -0.4 is 0 Å². The van der Waals surface area contributed by atoms with Gasteiger partial charge in [0.25, 0.3) is 5.91 Å². The number of hydrogen-bond donors (Lipinski definition) is 0. The molecule has 5 aliphatic rings. The van der Waals surface area contributed by atoms with E-state index in [1.54, 1.807) is 0 Å². The lowest BCUT2D eigenvalue weighted by molar-refractivity contribution is -0.162. The summed E-state index contributed by atoms with van der Waals surface area (Å²) in [4.78, 5) is 54.5. The van der Waals surface area contributed by atoms with Crippen LogP contribution in [0.3, 0.4) is 0 Å². The molecule has 4 aliphatic heterocycles. The third-order valence-electron chi connectivity index (χ3n) is 10.7. The Morgan fingerprint density at radius 1 is 0.979 bits per heavy atom. The minimum Gasteiger partial charge on any atom is -0.464 e. The van der Waals surface area contributed by atoms with Crippen molar-refractivity contribution >= 4 is 46.4 Å². The van der Waals surface area contributed by atoms with Crippen LogP contribution in [0.15, 0.2) is 29.3 Å². The number of esters is 1. The van der Waals surface area contributed by atoms with Gasteiger partial charge >= 0.3 is 12.1 Å². The van der Waals surface area contributed by atoms with Crippen LogP contribution in [-0.2, 0) is 19.1 Å². The number of allylic oxidation sites excluding steroid dienone is 2. The van der Waals surface area contributed by atoms with Crippen LogP contribution in [0, 0.1) is 11.8 Å². The van der Waals surface area contributed by atoms with Crippen molar-refractivity contribution in [3.63, 3.8) is 0 Å². The quantitative estimate of drug-likeness (QED) is 0.104. The van der Waals surface area contributed by atoms with Crippen LogP contribution in [-0.4, -0.2) is 117 Å². The number of fused-ring (bicyclic) bond motifs is 1. The minimum absolute atomic E-state index is 0.0172. The third kappa shape index (κ3) is 8.95. The van der Waals surface area contributed by atoms with E-state index in [2.05, 4.69) is 50.3 Å². The highest BCUT2D eigenvalue weighted by atomic mass is 127. The Bertz CT molecular complexity index is 1200.